The molecule has 0 aliphatic carbocycles. The number of hydrogen-bond acceptors (Lipinski definition) is 6. The smallest absolute Gasteiger partial charge is 0.223 e. The Labute approximate surface area is 155 Å². The Morgan fingerprint density at radius 2 is 1.77 bits per heavy atom. The molecule has 0 fully saturated rings. The van der Waals surface area contributed by atoms with E-state index in [1.165, 1.54) is 19.3 Å². The Balaban J connectivity index is 4.92. The maximum absolute atomic E-state index is 12.4. The van der Waals surface area contributed by atoms with Gasteiger partial charge in [0.1, 0.15) is 24.4 Å². The van der Waals surface area contributed by atoms with Gasteiger partial charge in [-0.15, -0.1) is 6.58 Å². The monoisotopic (exact) mass is 371 g/mol. The van der Waals surface area contributed by atoms with Gasteiger partial charge in [-0.1, -0.05) is 45.9 Å². The number of amides is 1. The number of hydrogen-bond donors (Lipinski definition) is 4. The number of Topliss-reactive ketones (excluding diaryl/α,β-unsaturated/α-hetero) is 1. The number of ether oxygens (including phenoxy) is 1. The fourth-order valence-corrected chi connectivity index (χ4v) is 2.20. The summed E-state index contributed by atoms with van der Waals surface area (Å²) in [5.74, 6) is -1.49. The number of ketones is 1. The molecule has 0 saturated carbocycles. The second-order valence-corrected chi connectivity index (χ2v) is 7.46. The molecule has 0 radical (unpaired) electrons. The Kier molecular flexibility index (Phi) is 10.6. The third-order valence-corrected chi connectivity index (χ3v) is 3.75. The lowest BCUT2D eigenvalue weighted by molar-refractivity contribution is -0.148. The zero-order valence-electron chi connectivity index (χ0n) is 16.3. The summed E-state index contributed by atoms with van der Waals surface area (Å²) in [5.41, 5.74) is -0.212. The van der Waals surface area contributed by atoms with Gasteiger partial charge in [-0.2, -0.15) is 0 Å². The molecule has 4 N–H and O–H groups in total. The Hall–Kier alpha value is -1.54. The summed E-state index contributed by atoms with van der Waals surface area (Å²) >= 11 is 0. The molecule has 0 bridgehead atoms. The van der Waals surface area contributed by atoms with Crippen molar-refractivity contribution in [2.24, 2.45) is 11.3 Å². The summed E-state index contributed by atoms with van der Waals surface area (Å²) < 4.78 is 5.01. The van der Waals surface area contributed by atoms with Gasteiger partial charge in [-0.3, -0.25) is 9.59 Å². The van der Waals surface area contributed by atoms with Crippen LogP contribution in [0, 0.1) is 11.3 Å². The minimum Gasteiger partial charge on any atom is -0.387 e. The fraction of sp³-hybridized carbons (Fsp3) is 0.684. The molecule has 7 heteroatoms. The molecule has 0 saturated heterocycles. The summed E-state index contributed by atoms with van der Waals surface area (Å²) in [6, 6.07) is 0. The van der Waals surface area contributed by atoms with Gasteiger partial charge in [0.25, 0.3) is 0 Å². The highest BCUT2D eigenvalue weighted by atomic mass is 16.5. The first-order valence-corrected chi connectivity index (χ1v) is 8.62. The van der Waals surface area contributed by atoms with E-state index in [-0.39, 0.29) is 17.7 Å². The van der Waals surface area contributed by atoms with E-state index in [4.69, 9.17) is 4.74 Å². The lowest BCUT2D eigenvalue weighted by Crippen LogP contribution is -2.48. The highest BCUT2D eigenvalue weighted by molar-refractivity contribution is 5.89. The average molecular weight is 371 g/mol. The van der Waals surface area contributed by atoms with Gasteiger partial charge in [-0.05, 0) is 5.41 Å². The Morgan fingerprint density at radius 1 is 1.19 bits per heavy atom. The standard InChI is InChI=1S/C19H33NO6/c1-7-10-20-18(25)12(2)11-14(22)17(26-6)16(24)15(23)13(21)8-9-19(3,4)5/h7-9,12-13,15-17,21,23-24H,1,10-11H2,2-6H3,(H,20,25)/b9-8+/t12-,13-,15+,16-,17+/m1/s1. The Morgan fingerprint density at radius 3 is 2.23 bits per heavy atom. The summed E-state index contributed by atoms with van der Waals surface area (Å²) in [4.78, 5) is 24.2. The van der Waals surface area contributed by atoms with Gasteiger partial charge in [0.05, 0.1) is 0 Å². The van der Waals surface area contributed by atoms with Crippen molar-refractivity contribution in [3.05, 3.63) is 24.8 Å². The van der Waals surface area contributed by atoms with Crippen molar-refractivity contribution in [3.8, 4) is 0 Å². The molecule has 1 amide bonds. The Bertz CT molecular complexity index is 497. The van der Waals surface area contributed by atoms with E-state index in [0.29, 0.717) is 6.54 Å². The summed E-state index contributed by atoms with van der Waals surface area (Å²) in [7, 11) is 1.22. The molecule has 0 aromatic rings. The average Bonchev–Trinajstić information content (AvgIpc) is 2.56. The summed E-state index contributed by atoms with van der Waals surface area (Å²) in [6.45, 7) is 11.1. The van der Waals surface area contributed by atoms with E-state index < -0.39 is 36.1 Å². The van der Waals surface area contributed by atoms with Crippen LogP contribution in [0.3, 0.4) is 0 Å². The van der Waals surface area contributed by atoms with E-state index >= 15 is 0 Å². The number of carbonyl (C=O) groups is 2. The van der Waals surface area contributed by atoms with Crippen LogP contribution in [0.15, 0.2) is 24.8 Å². The molecule has 0 aliphatic rings. The van der Waals surface area contributed by atoms with Gasteiger partial charge >= 0.3 is 0 Å². The zero-order chi connectivity index (χ0) is 20.5. The predicted octanol–water partition coefficient (Wildman–Crippen LogP) is 0.584. The van der Waals surface area contributed by atoms with Crippen molar-refractivity contribution >= 4 is 11.7 Å². The predicted molar refractivity (Wildman–Crippen MR) is 99.4 cm³/mol. The normalized spacial score (nSPS) is 18.0. The van der Waals surface area contributed by atoms with Crippen LogP contribution in [0.4, 0.5) is 0 Å². The number of aliphatic hydroxyl groups excluding tert-OH is 3. The summed E-state index contributed by atoms with van der Waals surface area (Å²) in [5, 5.41) is 32.9. The van der Waals surface area contributed by atoms with E-state index in [2.05, 4.69) is 11.9 Å². The molecule has 0 aliphatic heterocycles. The van der Waals surface area contributed by atoms with Crippen LogP contribution in [-0.4, -0.2) is 65.1 Å². The highest BCUT2D eigenvalue weighted by Crippen LogP contribution is 2.18. The van der Waals surface area contributed by atoms with E-state index in [1.54, 1.807) is 13.0 Å². The lowest BCUT2D eigenvalue weighted by atomic mass is 9.92. The van der Waals surface area contributed by atoms with Crippen LogP contribution < -0.4 is 5.32 Å². The van der Waals surface area contributed by atoms with Crippen molar-refractivity contribution in [2.45, 2.75) is 58.5 Å². The maximum atomic E-state index is 12.4. The van der Waals surface area contributed by atoms with Crippen LogP contribution in [0.1, 0.15) is 34.1 Å². The molecule has 0 aromatic carbocycles. The number of nitrogens with one attached hydrogen (secondary N) is 1. The van der Waals surface area contributed by atoms with Gasteiger partial charge in [0.15, 0.2) is 5.78 Å². The van der Waals surface area contributed by atoms with Crippen molar-refractivity contribution < 1.29 is 29.6 Å². The second kappa shape index (κ2) is 11.2. The van der Waals surface area contributed by atoms with Crippen LogP contribution in [0.25, 0.3) is 0 Å². The van der Waals surface area contributed by atoms with E-state index in [1.807, 2.05) is 20.8 Å². The van der Waals surface area contributed by atoms with Gasteiger partial charge < -0.3 is 25.4 Å². The molecule has 0 unspecified atom stereocenters. The molecule has 5 atom stereocenters. The van der Waals surface area contributed by atoms with Crippen LogP contribution >= 0.6 is 0 Å². The molecule has 0 rings (SSSR count). The first-order valence-electron chi connectivity index (χ1n) is 8.62. The first kappa shape index (κ1) is 24.5. The lowest BCUT2D eigenvalue weighted by Gasteiger charge is -2.27. The number of rotatable bonds is 11. The number of carbonyl (C=O) groups excluding carboxylic acids is 2. The number of aliphatic hydroxyl groups is 3. The van der Waals surface area contributed by atoms with Gasteiger partial charge in [0.2, 0.25) is 5.91 Å². The topological polar surface area (TPSA) is 116 Å². The van der Waals surface area contributed by atoms with Crippen LogP contribution in [0.5, 0.6) is 0 Å². The van der Waals surface area contributed by atoms with Crippen LogP contribution in [-0.2, 0) is 14.3 Å². The number of allylic oxidation sites excluding steroid dienone is 1. The molecule has 26 heavy (non-hydrogen) atoms. The second-order valence-electron chi connectivity index (χ2n) is 7.46. The minimum atomic E-state index is -1.63. The van der Waals surface area contributed by atoms with E-state index in [0.717, 1.165) is 0 Å². The number of methoxy groups -OCH3 is 1. The largest absolute Gasteiger partial charge is 0.387 e. The maximum Gasteiger partial charge on any atom is 0.223 e. The van der Waals surface area contributed by atoms with Crippen molar-refractivity contribution in [1.82, 2.24) is 5.32 Å². The van der Waals surface area contributed by atoms with E-state index in [9.17, 15) is 24.9 Å². The fourth-order valence-electron chi connectivity index (χ4n) is 2.20. The molecule has 0 aromatic heterocycles. The van der Waals surface area contributed by atoms with Gasteiger partial charge in [-0.25, -0.2) is 0 Å². The SMILES string of the molecule is C=CCNC(=O)[C@H](C)CC(=O)[C@H](OC)[C@H](O)[C@@H](O)[C@H](O)/C=C/C(C)(C)C. The van der Waals surface area contributed by atoms with Gasteiger partial charge in [0, 0.05) is 26.0 Å². The molecular weight excluding hydrogens is 338 g/mol. The van der Waals surface area contributed by atoms with Crippen LogP contribution in [0.2, 0.25) is 0 Å². The molecule has 7 nitrogen and oxygen atoms in total. The molecule has 0 heterocycles. The summed E-state index contributed by atoms with van der Waals surface area (Å²) in [6.07, 6.45) is -1.51. The third kappa shape index (κ3) is 8.71. The highest BCUT2D eigenvalue weighted by Gasteiger charge is 2.36. The van der Waals surface area contributed by atoms with Crippen molar-refractivity contribution in [2.75, 3.05) is 13.7 Å². The minimum absolute atomic E-state index is 0.167. The molecule has 150 valence electrons. The zero-order valence-corrected chi connectivity index (χ0v) is 16.3. The third-order valence-electron chi connectivity index (χ3n) is 3.75. The van der Waals surface area contributed by atoms with Crippen molar-refractivity contribution in [3.63, 3.8) is 0 Å². The molecular formula is C19H33NO6. The molecule has 0 spiro atoms. The van der Waals surface area contributed by atoms with Crippen molar-refractivity contribution in [1.29, 1.82) is 0 Å². The first-order chi connectivity index (χ1) is 11.9. The quantitative estimate of drug-likeness (QED) is 0.395.